The minimum Gasteiger partial charge on any atom is -0.744 e. The van der Waals surface area contributed by atoms with Crippen molar-refractivity contribution in [2.24, 2.45) is 0 Å². The van der Waals surface area contributed by atoms with Gasteiger partial charge in [0.25, 0.3) is 0 Å². The molecule has 0 saturated heterocycles. The molecule has 1 rings (SSSR count). The first-order chi connectivity index (χ1) is 24.0. The van der Waals surface area contributed by atoms with Gasteiger partial charge in [0.05, 0.1) is 4.90 Å². The fraction of sp³-hybridized carbons (Fsp3) is 0.867. The number of hydrogen-bond donors (Lipinski definition) is 0. The van der Waals surface area contributed by atoms with Gasteiger partial charge in [0.2, 0.25) is 0 Å². The third-order valence-electron chi connectivity index (χ3n) is 10.8. The molecule has 0 atom stereocenters. The minimum absolute atomic E-state index is 0. The van der Waals surface area contributed by atoms with Crippen molar-refractivity contribution >= 4 is 10.1 Å². The van der Waals surface area contributed by atoms with E-state index in [4.69, 9.17) is 0 Å². The zero-order valence-corrected chi connectivity index (χ0v) is 37.8. The Balaban J connectivity index is 0.0000240. The number of unbranched alkanes of at least 4 members (excludes halogenated alkanes) is 36. The summed E-state index contributed by atoms with van der Waals surface area (Å²) in [6, 6.07) is 6.41. The van der Waals surface area contributed by atoms with Crippen molar-refractivity contribution < 1.29 is 64.4 Å². The molecule has 0 bridgehead atoms. The zero-order chi connectivity index (χ0) is 35.4. The molecule has 0 aliphatic rings. The van der Waals surface area contributed by atoms with Crippen LogP contribution in [0.5, 0.6) is 0 Å². The Bertz CT molecular complexity index is 901. The van der Waals surface area contributed by atoms with Gasteiger partial charge in [-0.05, 0) is 30.5 Å². The van der Waals surface area contributed by atoms with Gasteiger partial charge < -0.3 is 4.55 Å². The third kappa shape index (κ3) is 35.8. The van der Waals surface area contributed by atoms with Gasteiger partial charge in [-0.1, -0.05) is 250 Å². The number of rotatable bonds is 39. The maximum atomic E-state index is 11.0. The van der Waals surface area contributed by atoms with Crippen molar-refractivity contribution in [3.63, 3.8) is 0 Å². The summed E-state index contributed by atoms with van der Waals surface area (Å²) in [7, 11) is -4.33. The van der Waals surface area contributed by atoms with Crippen molar-refractivity contribution in [1.82, 2.24) is 0 Å². The molecule has 0 radical (unpaired) electrons. The first-order valence-electron chi connectivity index (χ1n) is 22.1. The molecule has 0 aromatic heterocycles. The van der Waals surface area contributed by atoms with Crippen LogP contribution < -0.4 is 51.4 Å². The Kier molecular flexibility index (Phi) is 40.1. The molecule has 0 N–H and O–H groups in total. The summed E-state index contributed by atoms with van der Waals surface area (Å²) in [5, 5.41) is 0. The molecule has 0 saturated carbocycles. The van der Waals surface area contributed by atoms with E-state index in [-0.39, 0.29) is 56.3 Å². The van der Waals surface area contributed by atoms with Crippen LogP contribution in [0.1, 0.15) is 250 Å². The van der Waals surface area contributed by atoms with Gasteiger partial charge in [0.15, 0.2) is 0 Å². The quantitative estimate of drug-likeness (QED) is 0.0383. The molecule has 0 unspecified atom stereocenters. The summed E-state index contributed by atoms with van der Waals surface area (Å²) in [4.78, 5) is -0.132. The van der Waals surface area contributed by atoms with E-state index in [9.17, 15) is 13.0 Å². The standard InChI is InChI=1S/C45H84O3S.K/c1-2-3-4-5-6-7-8-9-10-11-12-13-14-15-16-17-18-19-20-21-22-23-24-25-26-27-28-29-30-31-32-33-34-35-36-37-38-39-44-40-42-45(43-41-44)49(46,47)48;/h40-43H,2-39H2,1H3,(H,46,47,48);/q;+1/p-1. The molecule has 288 valence electrons. The average Bonchev–Trinajstić information content (AvgIpc) is 3.09. The van der Waals surface area contributed by atoms with Crippen molar-refractivity contribution in [3.8, 4) is 0 Å². The monoisotopic (exact) mass is 743 g/mol. The van der Waals surface area contributed by atoms with Gasteiger partial charge in [-0.15, -0.1) is 0 Å². The maximum absolute atomic E-state index is 11.0. The van der Waals surface area contributed by atoms with Crippen LogP contribution in [0.4, 0.5) is 0 Å². The molecule has 0 fully saturated rings. The largest absolute Gasteiger partial charge is 1.00 e. The fourth-order valence-corrected chi connectivity index (χ4v) is 7.88. The Hall–Kier alpha value is 0.766. The predicted molar refractivity (Wildman–Crippen MR) is 215 cm³/mol. The molecular formula is C45H83KO3S. The normalized spacial score (nSPS) is 11.6. The molecule has 0 aliphatic heterocycles. The first-order valence-corrected chi connectivity index (χ1v) is 23.5. The maximum Gasteiger partial charge on any atom is 1.00 e. The van der Waals surface area contributed by atoms with Gasteiger partial charge in [0, 0.05) is 0 Å². The van der Waals surface area contributed by atoms with Crippen LogP contribution in [-0.2, 0) is 16.5 Å². The Morgan fingerprint density at radius 3 is 0.760 bits per heavy atom. The van der Waals surface area contributed by atoms with E-state index in [0.717, 1.165) is 18.4 Å². The summed E-state index contributed by atoms with van der Waals surface area (Å²) >= 11 is 0. The molecule has 0 amide bonds. The molecule has 5 heteroatoms. The summed E-state index contributed by atoms with van der Waals surface area (Å²) < 4.78 is 33.0. The number of hydrogen-bond acceptors (Lipinski definition) is 3. The molecule has 3 nitrogen and oxygen atoms in total. The van der Waals surface area contributed by atoms with Crippen LogP contribution in [0.15, 0.2) is 29.2 Å². The van der Waals surface area contributed by atoms with Gasteiger partial charge >= 0.3 is 51.4 Å². The first kappa shape index (κ1) is 50.8. The SMILES string of the molecule is CCCCCCCCCCCCCCCCCCCCCCCCCCCCCCCCCCCCCCCc1ccc(S(=O)(=O)[O-])cc1.[K+]. The van der Waals surface area contributed by atoms with E-state index in [1.807, 2.05) is 0 Å². The van der Waals surface area contributed by atoms with Crippen LogP contribution in [-0.4, -0.2) is 13.0 Å². The van der Waals surface area contributed by atoms with Gasteiger partial charge in [-0.3, -0.25) is 0 Å². The molecule has 0 spiro atoms. The summed E-state index contributed by atoms with van der Waals surface area (Å²) in [5.41, 5.74) is 1.11. The third-order valence-corrected chi connectivity index (χ3v) is 11.6. The molecular weight excluding hydrogens is 660 g/mol. The smallest absolute Gasteiger partial charge is 0.744 e. The summed E-state index contributed by atoms with van der Waals surface area (Å²) in [6.07, 6.45) is 53.9. The Morgan fingerprint density at radius 1 is 0.360 bits per heavy atom. The molecule has 0 aliphatic carbocycles. The molecule has 50 heavy (non-hydrogen) atoms. The van der Waals surface area contributed by atoms with Crippen LogP contribution in [0.3, 0.4) is 0 Å². The second-order valence-corrected chi connectivity index (χ2v) is 17.0. The van der Waals surface area contributed by atoms with E-state index in [1.165, 1.54) is 243 Å². The van der Waals surface area contributed by atoms with Gasteiger partial charge in [0.1, 0.15) is 10.1 Å². The number of aryl methyl sites for hydroxylation is 1. The van der Waals surface area contributed by atoms with Gasteiger partial charge in [-0.25, -0.2) is 8.42 Å². The average molecular weight is 743 g/mol. The van der Waals surface area contributed by atoms with Crippen LogP contribution in [0.2, 0.25) is 0 Å². The van der Waals surface area contributed by atoms with Crippen LogP contribution in [0, 0.1) is 0 Å². The van der Waals surface area contributed by atoms with E-state index in [2.05, 4.69) is 6.92 Å². The van der Waals surface area contributed by atoms with Crippen LogP contribution >= 0.6 is 0 Å². The van der Waals surface area contributed by atoms with Crippen molar-refractivity contribution in [1.29, 1.82) is 0 Å². The van der Waals surface area contributed by atoms with Crippen molar-refractivity contribution in [2.45, 2.75) is 256 Å². The van der Waals surface area contributed by atoms with Gasteiger partial charge in [-0.2, -0.15) is 0 Å². The fourth-order valence-electron chi connectivity index (χ4n) is 7.41. The van der Waals surface area contributed by atoms with E-state index >= 15 is 0 Å². The summed E-state index contributed by atoms with van der Waals surface area (Å²) in [6.45, 7) is 2.30. The second kappa shape index (κ2) is 39.5. The second-order valence-electron chi connectivity index (χ2n) is 15.6. The molecule has 0 heterocycles. The van der Waals surface area contributed by atoms with E-state index < -0.39 is 10.1 Å². The molecule has 1 aromatic rings. The Labute approximate surface area is 356 Å². The Morgan fingerprint density at radius 2 is 0.560 bits per heavy atom. The predicted octanol–water partition coefficient (Wildman–Crippen LogP) is 12.6. The van der Waals surface area contributed by atoms with Crippen molar-refractivity contribution in [3.05, 3.63) is 29.8 Å². The summed E-state index contributed by atoms with van der Waals surface area (Å²) in [5.74, 6) is 0. The molecule has 1 aromatic carbocycles. The van der Waals surface area contributed by atoms with E-state index in [1.54, 1.807) is 12.1 Å². The van der Waals surface area contributed by atoms with E-state index in [0.29, 0.717) is 0 Å². The van der Waals surface area contributed by atoms with Crippen LogP contribution in [0.25, 0.3) is 0 Å². The van der Waals surface area contributed by atoms with Crippen molar-refractivity contribution in [2.75, 3.05) is 0 Å². The minimum atomic E-state index is -4.33. The number of benzene rings is 1. The zero-order valence-electron chi connectivity index (χ0n) is 33.8. The topological polar surface area (TPSA) is 57.2 Å².